The van der Waals surface area contributed by atoms with E-state index in [4.69, 9.17) is 4.74 Å². The second kappa shape index (κ2) is 8.60. The standard InChI is InChI=1S/C15H18F4O3/c1-2-21-13(20)6-4-3-5-11-7-9-12(10-8-11)22-15(18,19)14(16)17/h7-10,14H,2-6H2,1H3. The maximum atomic E-state index is 12.7. The topological polar surface area (TPSA) is 35.5 Å². The van der Waals surface area contributed by atoms with E-state index in [1.54, 1.807) is 6.92 Å². The lowest BCUT2D eigenvalue weighted by Crippen LogP contribution is -2.33. The summed E-state index contributed by atoms with van der Waals surface area (Å²) in [6.45, 7) is 2.09. The molecule has 0 amide bonds. The molecule has 7 heteroatoms. The minimum absolute atomic E-state index is 0.250. The summed E-state index contributed by atoms with van der Waals surface area (Å²) < 4.78 is 58.1. The van der Waals surface area contributed by atoms with Crippen molar-refractivity contribution in [1.82, 2.24) is 0 Å². The van der Waals surface area contributed by atoms with E-state index in [1.807, 2.05) is 0 Å². The quantitative estimate of drug-likeness (QED) is 0.388. The highest BCUT2D eigenvalue weighted by Gasteiger charge is 2.43. The molecule has 3 nitrogen and oxygen atoms in total. The summed E-state index contributed by atoms with van der Waals surface area (Å²) in [4.78, 5) is 11.1. The monoisotopic (exact) mass is 322 g/mol. The number of benzene rings is 1. The van der Waals surface area contributed by atoms with E-state index < -0.39 is 12.5 Å². The third kappa shape index (κ3) is 6.32. The molecule has 22 heavy (non-hydrogen) atoms. The summed E-state index contributed by atoms with van der Waals surface area (Å²) in [5.41, 5.74) is 0.844. The Morgan fingerprint density at radius 3 is 2.36 bits per heavy atom. The molecule has 0 spiro atoms. The van der Waals surface area contributed by atoms with Crippen LogP contribution >= 0.6 is 0 Å². The van der Waals surface area contributed by atoms with E-state index in [-0.39, 0.29) is 11.7 Å². The van der Waals surface area contributed by atoms with Crippen LogP contribution in [0.25, 0.3) is 0 Å². The summed E-state index contributed by atoms with van der Waals surface area (Å²) in [5, 5.41) is 0. The molecular formula is C15H18F4O3. The van der Waals surface area contributed by atoms with Crippen LogP contribution in [0.1, 0.15) is 31.7 Å². The van der Waals surface area contributed by atoms with Crippen LogP contribution in [-0.2, 0) is 16.0 Å². The van der Waals surface area contributed by atoms with Gasteiger partial charge in [0.05, 0.1) is 6.61 Å². The van der Waals surface area contributed by atoms with Crippen molar-refractivity contribution in [2.45, 2.75) is 45.1 Å². The average molecular weight is 322 g/mol. The van der Waals surface area contributed by atoms with Gasteiger partial charge in [-0.25, -0.2) is 0 Å². The Kier molecular flexibility index (Phi) is 7.14. The minimum atomic E-state index is -4.50. The third-order valence-electron chi connectivity index (χ3n) is 2.83. The van der Waals surface area contributed by atoms with Gasteiger partial charge in [0.1, 0.15) is 5.75 Å². The summed E-state index contributed by atoms with van der Waals surface area (Å²) >= 11 is 0. The van der Waals surface area contributed by atoms with Gasteiger partial charge in [0.15, 0.2) is 0 Å². The normalized spacial score (nSPS) is 11.5. The van der Waals surface area contributed by atoms with Crippen molar-refractivity contribution in [2.75, 3.05) is 6.61 Å². The molecule has 0 bridgehead atoms. The van der Waals surface area contributed by atoms with Gasteiger partial charge in [-0.1, -0.05) is 12.1 Å². The molecule has 0 aromatic heterocycles. The van der Waals surface area contributed by atoms with E-state index in [0.717, 1.165) is 12.0 Å². The fourth-order valence-electron chi connectivity index (χ4n) is 1.76. The maximum absolute atomic E-state index is 12.7. The van der Waals surface area contributed by atoms with Gasteiger partial charge >= 0.3 is 18.5 Å². The van der Waals surface area contributed by atoms with Gasteiger partial charge in [0, 0.05) is 6.42 Å². The predicted octanol–water partition coefficient (Wildman–Crippen LogP) is 4.20. The first kappa shape index (κ1) is 18.3. The SMILES string of the molecule is CCOC(=O)CCCCc1ccc(OC(F)(F)C(F)F)cc1. The Labute approximate surface area is 126 Å². The van der Waals surface area contributed by atoms with Gasteiger partial charge in [-0.15, -0.1) is 0 Å². The minimum Gasteiger partial charge on any atom is -0.466 e. The van der Waals surface area contributed by atoms with Gasteiger partial charge in [-0.05, 0) is 43.9 Å². The van der Waals surface area contributed by atoms with E-state index in [1.165, 1.54) is 24.3 Å². The zero-order valence-electron chi connectivity index (χ0n) is 12.2. The molecule has 124 valence electrons. The molecule has 0 unspecified atom stereocenters. The zero-order valence-corrected chi connectivity index (χ0v) is 12.2. The van der Waals surface area contributed by atoms with Crippen molar-refractivity contribution in [1.29, 1.82) is 0 Å². The third-order valence-corrected chi connectivity index (χ3v) is 2.83. The fraction of sp³-hybridized carbons (Fsp3) is 0.533. The van der Waals surface area contributed by atoms with Crippen LogP contribution in [-0.4, -0.2) is 25.1 Å². The van der Waals surface area contributed by atoms with Gasteiger partial charge in [0.2, 0.25) is 0 Å². The summed E-state index contributed by atoms with van der Waals surface area (Å²) in [6.07, 6.45) is -6.02. The molecule has 0 N–H and O–H groups in total. The van der Waals surface area contributed by atoms with E-state index in [0.29, 0.717) is 25.9 Å². The number of unbranched alkanes of at least 4 members (excludes halogenated alkanes) is 1. The Morgan fingerprint density at radius 2 is 1.82 bits per heavy atom. The molecule has 0 radical (unpaired) electrons. The number of rotatable bonds is 9. The van der Waals surface area contributed by atoms with Crippen LogP contribution in [0.3, 0.4) is 0 Å². The number of ether oxygens (including phenoxy) is 2. The highest BCUT2D eigenvalue weighted by Crippen LogP contribution is 2.27. The van der Waals surface area contributed by atoms with Crippen LogP contribution in [0.2, 0.25) is 0 Å². The summed E-state index contributed by atoms with van der Waals surface area (Å²) in [7, 11) is 0. The van der Waals surface area contributed by atoms with Crippen molar-refractivity contribution in [3.8, 4) is 5.75 Å². The second-order valence-corrected chi connectivity index (χ2v) is 4.62. The average Bonchev–Trinajstić information content (AvgIpc) is 2.45. The Balaban J connectivity index is 2.38. The molecule has 0 saturated carbocycles. The van der Waals surface area contributed by atoms with Gasteiger partial charge in [0.25, 0.3) is 0 Å². The molecule has 0 aliphatic carbocycles. The van der Waals surface area contributed by atoms with Crippen LogP contribution in [0.4, 0.5) is 17.6 Å². The number of carbonyl (C=O) groups is 1. The van der Waals surface area contributed by atoms with Crippen molar-refractivity contribution in [2.24, 2.45) is 0 Å². The highest BCUT2D eigenvalue weighted by molar-refractivity contribution is 5.69. The first-order valence-corrected chi connectivity index (χ1v) is 6.94. The molecule has 0 atom stereocenters. The molecule has 0 aliphatic rings. The summed E-state index contributed by atoms with van der Waals surface area (Å²) in [5.74, 6) is -0.568. The lowest BCUT2D eigenvalue weighted by molar-refractivity contribution is -0.253. The fourth-order valence-corrected chi connectivity index (χ4v) is 1.76. The van der Waals surface area contributed by atoms with E-state index in [2.05, 4.69) is 4.74 Å². The number of alkyl halides is 4. The number of hydrogen-bond acceptors (Lipinski definition) is 3. The lowest BCUT2D eigenvalue weighted by atomic mass is 10.1. The largest absolute Gasteiger partial charge is 0.466 e. The second-order valence-electron chi connectivity index (χ2n) is 4.62. The van der Waals surface area contributed by atoms with Crippen molar-refractivity contribution < 1.29 is 31.8 Å². The molecule has 0 heterocycles. The molecular weight excluding hydrogens is 304 g/mol. The van der Waals surface area contributed by atoms with Crippen LogP contribution in [0, 0.1) is 0 Å². The van der Waals surface area contributed by atoms with E-state index >= 15 is 0 Å². The van der Waals surface area contributed by atoms with Crippen molar-refractivity contribution >= 4 is 5.97 Å². The lowest BCUT2D eigenvalue weighted by Gasteiger charge is -2.16. The molecule has 0 fully saturated rings. The first-order valence-electron chi connectivity index (χ1n) is 6.94. The van der Waals surface area contributed by atoms with E-state index in [9.17, 15) is 22.4 Å². The Morgan fingerprint density at radius 1 is 1.18 bits per heavy atom. The first-order chi connectivity index (χ1) is 10.3. The highest BCUT2D eigenvalue weighted by atomic mass is 19.3. The van der Waals surface area contributed by atoms with Gasteiger partial charge in [-0.2, -0.15) is 17.6 Å². The Bertz CT molecular complexity index is 460. The molecule has 0 aliphatic heterocycles. The van der Waals surface area contributed by atoms with Crippen LogP contribution < -0.4 is 4.74 Å². The molecule has 1 aromatic rings. The van der Waals surface area contributed by atoms with Crippen molar-refractivity contribution in [3.63, 3.8) is 0 Å². The number of aryl methyl sites for hydroxylation is 1. The smallest absolute Gasteiger partial charge is 0.461 e. The van der Waals surface area contributed by atoms with Gasteiger partial charge < -0.3 is 9.47 Å². The number of carbonyl (C=O) groups excluding carboxylic acids is 1. The summed E-state index contributed by atoms with van der Waals surface area (Å²) in [6, 6.07) is 5.50. The number of hydrogen-bond donors (Lipinski definition) is 0. The van der Waals surface area contributed by atoms with Gasteiger partial charge in [-0.3, -0.25) is 4.79 Å². The Hall–Kier alpha value is -1.79. The molecule has 1 aromatic carbocycles. The van der Waals surface area contributed by atoms with Crippen molar-refractivity contribution in [3.05, 3.63) is 29.8 Å². The van der Waals surface area contributed by atoms with Crippen LogP contribution in [0.15, 0.2) is 24.3 Å². The number of esters is 1. The van der Waals surface area contributed by atoms with Crippen LogP contribution in [0.5, 0.6) is 5.75 Å². The predicted molar refractivity (Wildman–Crippen MR) is 72.2 cm³/mol. The maximum Gasteiger partial charge on any atom is 0.461 e. The zero-order chi connectivity index (χ0) is 16.6. The molecule has 1 rings (SSSR count). The molecule has 0 saturated heterocycles. The number of halogens is 4.